The summed E-state index contributed by atoms with van der Waals surface area (Å²) >= 11 is 0. The van der Waals surface area contributed by atoms with Crippen molar-refractivity contribution in [3.8, 4) is 0 Å². The van der Waals surface area contributed by atoms with E-state index < -0.39 is 0 Å². The second kappa shape index (κ2) is 7.55. The largest absolute Gasteiger partial charge is 0.349 e. The van der Waals surface area contributed by atoms with Crippen LogP contribution in [0.4, 0.5) is 5.69 Å². The number of imidazole rings is 1. The van der Waals surface area contributed by atoms with E-state index in [1.165, 1.54) is 6.42 Å². The molecule has 1 aliphatic carbocycles. The maximum absolute atomic E-state index is 13.1. The van der Waals surface area contributed by atoms with Gasteiger partial charge in [-0.05, 0) is 62.9 Å². The standard InChI is InChI=1S/C23H25N5O2/c1-14-13-18(20-21(24-14)28-12-4-2-3-5-19(28)27-20)23(30)26-16-8-6-15(7-9-16)22(29)25-17-10-11-17/h6-9,13,17H,2-5,10-12H2,1H3,(H,25,29)(H,26,30). The second-order valence-corrected chi connectivity index (χ2v) is 8.25. The predicted octanol–water partition coefficient (Wildman–Crippen LogP) is 3.61. The summed E-state index contributed by atoms with van der Waals surface area (Å²) in [5.41, 5.74) is 4.03. The van der Waals surface area contributed by atoms with E-state index >= 15 is 0 Å². The zero-order chi connectivity index (χ0) is 20.7. The van der Waals surface area contributed by atoms with E-state index in [0.717, 1.165) is 55.8 Å². The van der Waals surface area contributed by atoms with Crippen molar-refractivity contribution in [2.45, 2.75) is 58.0 Å². The minimum absolute atomic E-state index is 0.0682. The number of fused-ring (bicyclic) bond motifs is 3. The van der Waals surface area contributed by atoms with Crippen molar-refractivity contribution in [3.63, 3.8) is 0 Å². The van der Waals surface area contributed by atoms with Crippen LogP contribution in [0, 0.1) is 6.92 Å². The molecular formula is C23H25N5O2. The van der Waals surface area contributed by atoms with Gasteiger partial charge in [-0.25, -0.2) is 9.97 Å². The molecule has 0 unspecified atom stereocenters. The SMILES string of the molecule is Cc1cc(C(=O)Nc2ccc(C(=O)NC3CC3)cc2)c2nc3n(c2n1)CCCCC3. The first-order chi connectivity index (χ1) is 14.6. The predicted molar refractivity (Wildman–Crippen MR) is 115 cm³/mol. The number of anilines is 1. The molecule has 7 nitrogen and oxygen atoms in total. The van der Waals surface area contributed by atoms with Gasteiger partial charge in [-0.2, -0.15) is 0 Å². The third kappa shape index (κ3) is 3.67. The monoisotopic (exact) mass is 403 g/mol. The topological polar surface area (TPSA) is 88.9 Å². The maximum Gasteiger partial charge on any atom is 0.258 e. The fourth-order valence-electron chi connectivity index (χ4n) is 3.99. The van der Waals surface area contributed by atoms with Crippen LogP contribution < -0.4 is 10.6 Å². The molecule has 2 N–H and O–H groups in total. The lowest BCUT2D eigenvalue weighted by Gasteiger charge is -2.09. The highest BCUT2D eigenvalue weighted by Gasteiger charge is 2.24. The molecule has 3 heterocycles. The van der Waals surface area contributed by atoms with Crippen LogP contribution in [0.3, 0.4) is 0 Å². The zero-order valence-electron chi connectivity index (χ0n) is 17.1. The number of aromatic nitrogens is 3. The quantitative estimate of drug-likeness (QED) is 0.696. The number of rotatable bonds is 4. The first-order valence-corrected chi connectivity index (χ1v) is 10.7. The zero-order valence-corrected chi connectivity index (χ0v) is 17.1. The van der Waals surface area contributed by atoms with Gasteiger partial charge in [-0.3, -0.25) is 9.59 Å². The van der Waals surface area contributed by atoms with Crippen LogP contribution in [-0.2, 0) is 13.0 Å². The number of hydrogen-bond donors (Lipinski definition) is 2. The number of aryl methyl sites for hydroxylation is 3. The molecule has 2 aliphatic rings. The summed E-state index contributed by atoms with van der Waals surface area (Å²) < 4.78 is 2.17. The van der Waals surface area contributed by atoms with Crippen LogP contribution in [-0.4, -0.2) is 32.4 Å². The van der Waals surface area contributed by atoms with Crippen LogP contribution in [0.2, 0.25) is 0 Å². The lowest BCUT2D eigenvalue weighted by Crippen LogP contribution is -2.25. The maximum atomic E-state index is 13.1. The minimum Gasteiger partial charge on any atom is -0.349 e. The van der Waals surface area contributed by atoms with Crippen molar-refractivity contribution < 1.29 is 9.59 Å². The van der Waals surface area contributed by atoms with Crippen LogP contribution in [0.5, 0.6) is 0 Å². The summed E-state index contributed by atoms with van der Waals surface area (Å²) in [5, 5.41) is 5.91. The Hall–Kier alpha value is -3.22. The van der Waals surface area contributed by atoms with Crippen molar-refractivity contribution in [2.75, 3.05) is 5.32 Å². The second-order valence-electron chi connectivity index (χ2n) is 8.25. The normalized spacial score (nSPS) is 16.0. The Labute approximate surface area is 174 Å². The average molecular weight is 403 g/mol. The van der Waals surface area contributed by atoms with Gasteiger partial charge in [0, 0.05) is 36.0 Å². The van der Waals surface area contributed by atoms with E-state index in [1.807, 2.05) is 6.92 Å². The molecule has 5 rings (SSSR count). The number of hydrogen-bond acceptors (Lipinski definition) is 4. The summed E-state index contributed by atoms with van der Waals surface area (Å²) in [6, 6.07) is 9.10. The van der Waals surface area contributed by atoms with E-state index in [1.54, 1.807) is 30.3 Å². The summed E-state index contributed by atoms with van der Waals surface area (Å²) in [5.74, 6) is 0.732. The van der Waals surface area contributed by atoms with Gasteiger partial charge in [0.25, 0.3) is 11.8 Å². The highest BCUT2D eigenvalue weighted by molar-refractivity contribution is 6.11. The number of carbonyl (C=O) groups is 2. The average Bonchev–Trinajstić information content (AvgIpc) is 3.52. The molecule has 1 aliphatic heterocycles. The van der Waals surface area contributed by atoms with Gasteiger partial charge in [-0.15, -0.1) is 0 Å². The van der Waals surface area contributed by atoms with Crippen molar-refractivity contribution in [3.05, 3.63) is 53.0 Å². The first-order valence-electron chi connectivity index (χ1n) is 10.7. The lowest BCUT2D eigenvalue weighted by molar-refractivity contribution is 0.0950. The van der Waals surface area contributed by atoms with Crippen LogP contribution in [0.15, 0.2) is 30.3 Å². The van der Waals surface area contributed by atoms with Crippen molar-refractivity contribution in [2.24, 2.45) is 0 Å². The number of benzene rings is 1. The number of carbonyl (C=O) groups excluding carboxylic acids is 2. The molecule has 1 fully saturated rings. The van der Waals surface area contributed by atoms with E-state index in [4.69, 9.17) is 4.98 Å². The highest BCUT2D eigenvalue weighted by Crippen LogP contribution is 2.25. The molecule has 2 aromatic heterocycles. The van der Waals surface area contributed by atoms with Crippen LogP contribution in [0.25, 0.3) is 11.2 Å². The fraction of sp³-hybridized carbons (Fsp3) is 0.391. The molecule has 30 heavy (non-hydrogen) atoms. The van der Waals surface area contributed by atoms with E-state index in [9.17, 15) is 9.59 Å². The fourth-order valence-corrected chi connectivity index (χ4v) is 3.99. The van der Waals surface area contributed by atoms with Gasteiger partial charge in [0.05, 0.1) is 5.56 Å². The van der Waals surface area contributed by atoms with Gasteiger partial charge in [-0.1, -0.05) is 6.42 Å². The molecule has 2 amide bonds. The number of pyridine rings is 1. The Morgan fingerprint density at radius 2 is 1.83 bits per heavy atom. The van der Waals surface area contributed by atoms with Crippen molar-refractivity contribution in [1.82, 2.24) is 19.9 Å². The van der Waals surface area contributed by atoms with Gasteiger partial charge in [0.1, 0.15) is 11.3 Å². The molecule has 154 valence electrons. The summed E-state index contributed by atoms with van der Waals surface area (Å²) in [7, 11) is 0. The molecule has 3 aromatic rings. The summed E-state index contributed by atoms with van der Waals surface area (Å²) in [6.07, 6.45) is 6.44. The van der Waals surface area contributed by atoms with Gasteiger partial charge in [0.2, 0.25) is 0 Å². The molecule has 1 aromatic carbocycles. The molecule has 0 saturated heterocycles. The third-order valence-corrected chi connectivity index (χ3v) is 5.75. The first kappa shape index (κ1) is 18.8. The molecule has 0 spiro atoms. The Morgan fingerprint density at radius 3 is 2.60 bits per heavy atom. The van der Waals surface area contributed by atoms with Crippen LogP contribution in [0.1, 0.15) is 64.3 Å². The smallest absolute Gasteiger partial charge is 0.258 e. The van der Waals surface area contributed by atoms with E-state index in [2.05, 4.69) is 20.2 Å². The highest BCUT2D eigenvalue weighted by atomic mass is 16.2. The molecule has 7 heteroatoms. The van der Waals surface area contributed by atoms with Gasteiger partial charge < -0.3 is 15.2 Å². The Morgan fingerprint density at radius 1 is 1.03 bits per heavy atom. The van der Waals surface area contributed by atoms with E-state index in [-0.39, 0.29) is 11.8 Å². The minimum atomic E-state index is -0.214. The van der Waals surface area contributed by atoms with E-state index in [0.29, 0.717) is 28.4 Å². The number of amides is 2. The molecule has 1 saturated carbocycles. The molecule has 0 bridgehead atoms. The Balaban J connectivity index is 1.40. The Kier molecular flexibility index (Phi) is 4.73. The number of nitrogens with one attached hydrogen (secondary N) is 2. The van der Waals surface area contributed by atoms with Crippen molar-refractivity contribution in [1.29, 1.82) is 0 Å². The van der Waals surface area contributed by atoms with Gasteiger partial charge >= 0.3 is 0 Å². The lowest BCUT2D eigenvalue weighted by atomic mass is 10.1. The summed E-state index contributed by atoms with van der Waals surface area (Å²) in [6.45, 7) is 2.80. The Bertz CT molecular complexity index is 1130. The molecular weight excluding hydrogens is 378 g/mol. The van der Waals surface area contributed by atoms with Crippen molar-refractivity contribution >= 4 is 28.7 Å². The van der Waals surface area contributed by atoms with Crippen LogP contribution >= 0.6 is 0 Å². The van der Waals surface area contributed by atoms with Gasteiger partial charge in [0.15, 0.2) is 5.65 Å². The molecule has 0 radical (unpaired) electrons. The molecule has 0 atom stereocenters. The summed E-state index contributed by atoms with van der Waals surface area (Å²) in [4.78, 5) is 34.7. The number of nitrogens with zero attached hydrogens (tertiary/aromatic N) is 3. The third-order valence-electron chi connectivity index (χ3n) is 5.75.